The number of rotatable bonds is 2. The van der Waals surface area contributed by atoms with Crippen LogP contribution in [0, 0.1) is 6.92 Å². The minimum absolute atomic E-state index is 0.975. The summed E-state index contributed by atoms with van der Waals surface area (Å²) in [6.45, 7) is 6.28. The molecule has 1 heterocycles. The molecule has 1 aliphatic rings. The van der Waals surface area contributed by atoms with Crippen LogP contribution in [0.3, 0.4) is 0 Å². The summed E-state index contributed by atoms with van der Waals surface area (Å²) in [6.07, 6.45) is 0. The Kier molecular flexibility index (Phi) is 3.51. The van der Waals surface area contributed by atoms with Crippen LogP contribution in [-0.2, 0) is 13.1 Å². The lowest BCUT2D eigenvalue weighted by Gasteiger charge is -2.26. The molecule has 0 atom stereocenters. The van der Waals surface area contributed by atoms with Gasteiger partial charge >= 0.3 is 0 Å². The van der Waals surface area contributed by atoms with E-state index in [1.54, 1.807) is 0 Å². The molecule has 3 rings (SSSR count). The van der Waals surface area contributed by atoms with Crippen molar-refractivity contribution in [2.24, 2.45) is 0 Å². The first kappa shape index (κ1) is 12.2. The number of para-hydroxylation sites is 1. The van der Waals surface area contributed by atoms with Crippen LogP contribution in [0.2, 0.25) is 0 Å². The maximum atomic E-state index is 3.50. The van der Waals surface area contributed by atoms with Gasteiger partial charge in [-0.3, -0.25) is 0 Å². The minimum Gasteiger partial charge on any atom is -0.365 e. The van der Waals surface area contributed by atoms with Crippen LogP contribution in [0.15, 0.2) is 48.5 Å². The van der Waals surface area contributed by atoms with E-state index in [1.807, 2.05) is 0 Å². The van der Waals surface area contributed by atoms with E-state index in [0.29, 0.717) is 0 Å². The lowest BCUT2D eigenvalue weighted by Crippen LogP contribution is -2.28. The van der Waals surface area contributed by atoms with Crippen LogP contribution >= 0.6 is 0 Å². The lowest BCUT2D eigenvalue weighted by molar-refractivity contribution is 0.688. The lowest BCUT2D eigenvalue weighted by atomic mass is 10.1. The fraction of sp³-hybridized carbons (Fsp3) is 0.294. The third kappa shape index (κ3) is 2.64. The summed E-state index contributed by atoms with van der Waals surface area (Å²) >= 11 is 0. The quantitative estimate of drug-likeness (QED) is 0.883. The van der Waals surface area contributed by atoms with Gasteiger partial charge in [-0.05, 0) is 23.6 Å². The smallest absolute Gasteiger partial charge is 0.0445 e. The molecule has 1 aliphatic heterocycles. The highest BCUT2D eigenvalue weighted by atomic mass is 15.2. The normalized spacial score (nSPS) is 14.9. The molecule has 0 amide bonds. The van der Waals surface area contributed by atoms with Gasteiger partial charge in [0.15, 0.2) is 0 Å². The summed E-state index contributed by atoms with van der Waals surface area (Å²) in [5.41, 5.74) is 5.57. The molecule has 0 saturated heterocycles. The summed E-state index contributed by atoms with van der Waals surface area (Å²) < 4.78 is 0. The summed E-state index contributed by atoms with van der Waals surface area (Å²) in [5, 5.41) is 3.50. The molecule has 0 aliphatic carbocycles. The number of anilines is 1. The molecule has 2 nitrogen and oxygen atoms in total. The average molecular weight is 252 g/mol. The van der Waals surface area contributed by atoms with Crippen LogP contribution in [-0.4, -0.2) is 13.1 Å². The molecule has 0 saturated carbocycles. The van der Waals surface area contributed by atoms with Gasteiger partial charge in [0, 0.05) is 31.9 Å². The molecule has 2 aromatic rings. The molecule has 19 heavy (non-hydrogen) atoms. The first-order valence-corrected chi connectivity index (χ1v) is 6.92. The first-order chi connectivity index (χ1) is 9.34. The zero-order valence-electron chi connectivity index (χ0n) is 11.4. The van der Waals surface area contributed by atoms with Gasteiger partial charge in [0.1, 0.15) is 0 Å². The van der Waals surface area contributed by atoms with Gasteiger partial charge in [0.25, 0.3) is 0 Å². The Labute approximate surface area is 115 Å². The Morgan fingerprint density at radius 2 is 1.89 bits per heavy atom. The summed E-state index contributed by atoms with van der Waals surface area (Å²) in [5.74, 6) is 0. The molecule has 1 N–H and O–H groups in total. The van der Waals surface area contributed by atoms with Crippen LogP contribution in [0.4, 0.5) is 5.69 Å². The largest absolute Gasteiger partial charge is 0.365 e. The van der Waals surface area contributed by atoms with Crippen molar-refractivity contribution in [3.05, 3.63) is 65.2 Å². The van der Waals surface area contributed by atoms with Gasteiger partial charge in [-0.25, -0.2) is 0 Å². The minimum atomic E-state index is 0.975. The summed E-state index contributed by atoms with van der Waals surface area (Å²) in [6, 6.07) is 17.3. The molecule has 2 aromatic carbocycles. The Balaban J connectivity index is 1.94. The first-order valence-electron chi connectivity index (χ1n) is 6.92. The molecule has 0 radical (unpaired) electrons. The van der Waals surface area contributed by atoms with E-state index < -0.39 is 0 Å². The molecule has 0 aromatic heterocycles. The van der Waals surface area contributed by atoms with Crippen molar-refractivity contribution in [2.75, 3.05) is 18.0 Å². The van der Waals surface area contributed by atoms with E-state index in [0.717, 1.165) is 26.2 Å². The van der Waals surface area contributed by atoms with Crippen molar-refractivity contribution >= 4 is 5.69 Å². The molecule has 0 spiro atoms. The topological polar surface area (TPSA) is 15.3 Å². The third-order valence-electron chi connectivity index (χ3n) is 3.73. The van der Waals surface area contributed by atoms with Gasteiger partial charge < -0.3 is 10.2 Å². The summed E-state index contributed by atoms with van der Waals surface area (Å²) in [4.78, 5) is 2.50. The van der Waals surface area contributed by atoms with Crippen LogP contribution in [0.5, 0.6) is 0 Å². The Hall–Kier alpha value is -1.80. The number of hydrogen-bond acceptors (Lipinski definition) is 2. The van der Waals surface area contributed by atoms with Gasteiger partial charge in [0.2, 0.25) is 0 Å². The zero-order valence-corrected chi connectivity index (χ0v) is 11.4. The number of benzene rings is 2. The third-order valence-corrected chi connectivity index (χ3v) is 3.73. The van der Waals surface area contributed by atoms with E-state index >= 15 is 0 Å². The van der Waals surface area contributed by atoms with Gasteiger partial charge in [-0.15, -0.1) is 0 Å². The Morgan fingerprint density at radius 1 is 1.05 bits per heavy atom. The number of nitrogens with one attached hydrogen (secondary N) is 1. The highest BCUT2D eigenvalue weighted by molar-refractivity contribution is 5.60. The SMILES string of the molecule is Cc1cccc2c1N(Cc1ccccc1)CCNC2. The predicted octanol–water partition coefficient (Wildman–Crippen LogP) is 3.10. The van der Waals surface area contributed by atoms with E-state index in [4.69, 9.17) is 0 Å². The molecule has 0 bridgehead atoms. The van der Waals surface area contributed by atoms with Crippen molar-refractivity contribution < 1.29 is 0 Å². The molecule has 0 unspecified atom stereocenters. The van der Waals surface area contributed by atoms with Gasteiger partial charge in [-0.2, -0.15) is 0 Å². The number of aryl methyl sites for hydroxylation is 1. The fourth-order valence-electron chi connectivity index (χ4n) is 2.83. The molecule has 2 heteroatoms. The van der Waals surface area contributed by atoms with E-state index in [1.165, 1.54) is 22.4 Å². The maximum absolute atomic E-state index is 3.50. The Morgan fingerprint density at radius 3 is 2.74 bits per heavy atom. The second kappa shape index (κ2) is 5.45. The molecular weight excluding hydrogens is 232 g/mol. The number of nitrogens with zero attached hydrogens (tertiary/aromatic N) is 1. The van der Waals surface area contributed by atoms with Crippen LogP contribution in [0.25, 0.3) is 0 Å². The van der Waals surface area contributed by atoms with Gasteiger partial charge in [0.05, 0.1) is 0 Å². The zero-order chi connectivity index (χ0) is 13.1. The van der Waals surface area contributed by atoms with Gasteiger partial charge in [-0.1, -0.05) is 48.5 Å². The molecule has 98 valence electrons. The van der Waals surface area contributed by atoms with E-state index in [2.05, 4.69) is 65.7 Å². The summed E-state index contributed by atoms with van der Waals surface area (Å²) in [7, 11) is 0. The molecule has 0 fully saturated rings. The van der Waals surface area contributed by atoms with Crippen LogP contribution < -0.4 is 10.2 Å². The monoisotopic (exact) mass is 252 g/mol. The molecular formula is C17H20N2. The maximum Gasteiger partial charge on any atom is 0.0445 e. The highest BCUT2D eigenvalue weighted by Crippen LogP contribution is 2.27. The Bertz CT molecular complexity index is 548. The van der Waals surface area contributed by atoms with Crippen molar-refractivity contribution in [2.45, 2.75) is 20.0 Å². The second-order valence-corrected chi connectivity index (χ2v) is 5.17. The number of fused-ring (bicyclic) bond motifs is 1. The predicted molar refractivity (Wildman–Crippen MR) is 80.4 cm³/mol. The van der Waals surface area contributed by atoms with Crippen LogP contribution in [0.1, 0.15) is 16.7 Å². The average Bonchev–Trinajstić information content (AvgIpc) is 2.64. The van der Waals surface area contributed by atoms with Crippen molar-refractivity contribution in [3.8, 4) is 0 Å². The van der Waals surface area contributed by atoms with Crippen molar-refractivity contribution in [3.63, 3.8) is 0 Å². The number of hydrogen-bond donors (Lipinski definition) is 1. The van der Waals surface area contributed by atoms with Crippen molar-refractivity contribution in [1.82, 2.24) is 5.32 Å². The fourth-order valence-corrected chi connectivity index (χ4v) is 2.83. The highest BCUT2D eigenvalue weighted by Gasteiger charge is 2.16. The van der Waals surface area contributed by atoms with E-state index in [9.17, 15) is 0 Å². The van der Waals surface area contributed by atoms with Crippen molar-refractivity contribution in [1.29, 1.82) is 0 Å². The second-order valence-electron chi connectivity index (χ2n) is 5.17. The van der Waals surface area contributed by atoms with E-state index in [-0.39, 0.29) is 0 Å². The standard InChI is InChI=1S/C17H20N2/c1-14-6-5-9-16-12-18-10-11-19(17(14)16)13-15-7-3-2-4-8-15/h2-9,18H,10-13H2,1H3.